The first-order valence-corrected chi connectivity index (χ1v) is 8.25. The molecule has 1 rings (SSSR count). The van der Waals surface area contributed by atoms with Gasteiger partial charge in [0.25, 0.3) is 0 Å². The first kappa shape index (κ1) is 17.6. The summed E-state index contributed by atoms with van der Waals surface area (Å²) in [4.78, 5) is 0.211. The normalized spacial score (nSPS) is 12.8. The Balaban J connectivity index is 2.38. The molecule has 7 heteroatoms. The molecule has 6 nitrogen and oxygen atoms in total. The smallest absolute Gasteiger partial charge is 0.179 e. The molecule has 21 heavy (non-hydrogen) atoms. The van der Waals surface area contributed by atoms with Crippen molar-refractivity contribution in [1.29, 1.82) is 5.26 Å². The van der Waals surface area contributed by atoms with Gasteiger partial charge in [-0.25, -0.2) is 8.42 Å². The van der Waals surface area contributed by atoms with Gasteiger partial charge in [-0.3, -0.25) is 0 Å². The van der Waals surface area contributed by atoms with Crippen LogP contribution in [-0.4, -0.2) is 52.2 Å². The van der Waals surface area contributed by atoms with Crippen LogP contribution < -0.4 is 5.32 Å². The van der Waals surface area contributed by atoms with Crippen LogP contribution in [0.2, 0.25) is 0 Å². The fraction of sp³-hybridized carbons (Fsp3) is 0.500. The molecular weight excluding hydrogens is 292 g/mol. The highest BCUT2D eigenvalue weighted by molar-refractivity contribution is 7.91. The predicted molar refractivity (Wildman–Crippen MR) is 78.6 cm³/mol. The van der Waals surface area contributed by atoms with Gasteiger partial charge in [-0.05, 0) is 37.2 Å². The third kappa shape index (κ3) is 6.23. The average molecular weight is 312 g/mol. The van der Waals surface area contributed by atoms with Gasteiger partial charge < -0.3 is 15.2 Å². The van der Waals surface area contributed by atoms with Crippen molar-refractivity contribution in [3.05, 3.63) is 29.8 Å². The molecule has 2 N–H and O–H groups in total. The minimum Gasteiger partial charge on any atom is -0.391 e. The van der Waals surface area contributed by atoms with Crippen LogP contribution in [0.15, 0.2) is 29.2 Å². The summed E-state index contributed by atoms with van der Waals surface area (Å²) in [6, 6.07) is 7.80. The van der Waals surface area contributed by atoms with Crippen molar-refractivity contribution in [1.82, 2.24) is 5.32 Å². The number of ether oxygens (including phenoxy) is 1. The second kappa shape index (κ2) is 8.74. The predicted octanol–water partition coefficient (Wildman–Crippen LogP) is 0.319. The number of hydrogen-bond acceptors (Lipinski definition) is 6. The van der Waals surface area contributed by atoms with Gasteiger partial charge in [0.15, 0.2) is 9.84 Å². The Labute approximate surface area is 125 Å². The number of benzene rings is 1. The number of rotatable bonds is 9. The average Bonchev–Trinajstić information content (AvgIpc) is 2.47. The molecule has 0 saturated heterocycles. The number of nitriles is 1. The molecule has 0 saturated carbocycles. The third-order valence-electron chi connectivity index (χ3n) is 2.90. The number of methoxy groups -OCH3 is 1. The molecule has 0 aliphatic heterocycles. The summed E-state index contributed by atoms with van der Waals surface area (Å²) in [5.41, 5.74) is 0.430. The second-order valence-corrected chi connectivity index (χ2v) is 6.71. The molecule has 1 aromatic rings. The summed E-state index contributed by atoms with van der Waals surface area (Å²) in [5.74, 6) is -0.0285. The van der Waals surface area contributed by atoms with Crippen molar-refractivity contribution in [3.63, 3.8) is 0 Å². The molecule has 116 valence electrons. The van der Waals surface area contributed by atoms with Gasteiger partial charge in [0.05, 0.1) is 35.0 Å². The summed E-state index contributed by atoms with van der Waals surface area (Å²) in [5, 5.41) is 21.1. The van der Waals surface area contributed by atoms with E-state index < -0.39 is 15.9 Å². The first-order valence-electron chi connectivity index (χ1n) is 6.60. The lowest BCUT2D eigenvalue weighted by molar-refractivity contribution is 0.0595. The molecule has 0 aromatic heterocycles. The van der Waals surface area contributed by atoms with E-state index >= 15 is 0 Å². The van der Waals surface area contributed by atoms with E-state index in [4.69, 9.17) is 10.00 Å². The number of hydrogen-bond donors (Lipinski definition) is 2. The minimum absolute atomic E-state index is 0.0285. The summed E-state index contributed by atoms with van der Waals surface area (Å²) in [6.07, 6.45) is -0.0391. The zero-order valence-electron chi connectivity index (χ0n) is 11.9. The van der Waals surface area contributed by atoms with E-state index in [1.165, 1.54) is 31.4 Å². The molecule has 0 fully saturated rings. The SMILES string of the molecule is COCC(O)CCNCCS(=O)(=O)c1ccc(C#N)cc1. The maximum Gasteiger partial charge on any atom is 0.179 e. The molecule has 0 spiro atoms. The van der Waals surface area contributed by atoms with Gasteiger partial charge in [-0.2, -0.15) is 5.26 Å². The van der Waals surface area contributed by atoms with Gasteiger partial charge in [0.1, 0.15) is 0 Å². The van der Waals surface area contributed by atoms with Gasteiger partial charge in [-0.15, -0.1) is 0 Å². The summed E-state index contributed by atoms with van der Waals surface area (Å²) in [6.45, 7) is 1.10. The van der Waals surface area contributed by atoms with E-state index in [-0.39, 0.29) is 17.3 Å². The highest BCUT2D eigenvalue weighted by Crippen LogP contribution is 2.11. The lowest BCUT2D eigenvalue weighted by atomic mass is 10.2. The Kier molecular flexibility index (Phi) is 7.32. The zero-order valence-corrected chi connectivity index (χ0v) is 12.8. The van der Waals surface area contributed by atoms with Crippen molar-refractivity contribution in [2.45, 2.75) is 17.4 Å². The third-order valence-corrected chi connectivity index (χ3v) is 4.64. The van der Waals surface area contributed by atoms with Gasteiger partial charge in [-0.1, -0.05) is 0 Å². The van der Waals surface area contributed by atoms with E-state index in [0.29, 0.717) is 25.1 Å². The Morgan fingerprint density at radius 3 is 2.57 bits per heavy atom. The van der Waals surface area contributed by atoms with Crippen molar-refractivity contribution in [3.8, 4) is 6.07 Å². The van der Waals surface area contributed by atoms with Gasteiger partial charge in [0, 0.05) is 13.7 Å². The van der Waals surface area contributed by atoms with E-state index in [0.717, 1.165) is 0 Å². The summed E-state index contributed by atoms with van der Waals surface area (Å²) < 4.78 is 28.9. The lowest BCUT2D eigenvalue weighted by Crippen LogP contribution is -2.27. The number of nitrogens with zero attached hydrogens (tertiary/aromatic N) is 1. The van der Waals surface area contributed by atoms with Crippen LogP contribution in [0, 0.1) is 11.3 Å². The van der Waals surface area contributed by atoms with Crippen LogP contribution in [0.1, 0.15) is 12.0 Å². The van der Waals surface area contributed by atoms with Crippen molar-refractivity contribution in [2.24, 2.45) is 0 Å². The van der Waals surface area contributed by atoms with Crippen LogP contribution in [0.4, 0.5) is 0 Å². The minimum atomic E-state index is -3.36. The summed E-state index contributed by atoms with van der Waals surface area (Å²) >= 11 is 0. The number of nitrogens with one attached hydrogen (secondary N) is 1. The Hall–Kier alpha value is -1.46. The molecule has 1 aromatic carbocycles. The van der Waals surface area contributed by atoms with E-state index in [1.807, 2.05) is 6.07 Å². The second-order valence-electron chi connectivity index (χ2n) is 4.60. The molecule has 0 radical (unpaired) electrons. The van der Waals surface area contributed by atoms with Crippen molar-refractivity contribution in [2.75, 3.05) is 32.6 Å². The largest absolute Gasteiger partial charge is 0.391 e. The molecule has 0 aliphatic rings. The quantitative estimate of drug-likeness (QED) is 0.637. The first-order chi connectivity index (χ1) is 9.99. The Morgan fingerprint density at radius 1 is 1.33 bits per heavy atom. The molecule has 0 bridgehead atoms. The van der Waals surface area contributed by atoms with E-state index in [9.17, 15) is 13.5 Å². The molecule has 0 aliphatic carbocycles. The Bertz CT molecular complexity index is 564. The van der Waals surface area contributed by atoms with Crippen LogP contribution in [0.25, 0.3) is 0 Å². The van der Waals surface area contributed by atoms with E-state index in [2.05, 4.69) is 5.32 Å². The van der Waals surface area contributed by atoms with Gasteiger partial charge in [0.2, 0.25) is 0 Å². The van der Waals surface area contributed by atoms with Crippen LogP contribution in [0.3, 0.4) is 0 Å². The number of aliphatic hydroxyl groups excluding tert-OH is 1. The van der Waals surface area contributed by atoms with Crippen LogP contribution >= 0.6 is 0 Å². The highest BCUT2D eigenvalue weighted by Gasteiger charge is 2.13. The number of sulfone groups is 1. The van der Waals surface area contributed by atoms with E-state index in [1.54, 1.807) is 0 Å². The van der Waals surface area contributed by atoms with Gasteiger partial charge >= 0.3 is 0 Å². The summed E-state index contributed by atoms with van der Waals surface area (Å²) in [7, 11) is -1.84. The Morgan fingerprint density at radius 2 is 2.00 bits per heavy atom. The maximum atomic E-state index is 12.0. The highest BCUT2D eigenvalue weighted by atomic mass is 32.2. The monoisotopic (exact) mass is 312 g/mol. The maximum absolute atomic E-state index is 12.0. The molecule has 0 amide bonds. The topological polar surface area (TPSA) is 99.4 Å². The number of aliphatic hydroxyl groups is 1. The zero-order chi connectivity index (χ0) is 15.7. The van der Waals surface area contributed by atoms with Crippen LogP contribution in [0.5, 0.6) is 0 Å². The molecule has 1 unspecified atom stereocenters. The lowest BCUT2D eigenvalue weighted by Gasteiger charge is -2.10. The molecule has 0 heterocycles. The fourth-order valence-corrected chi connectivity index (χ4v) is 2.93. The molecule has 1 atom stereocenters. The molecular formula is C14H20N2O4S. The van der Waals surface area contributed by atoms with Crippen molar-refractivity contribution >= 4 is 9.84 Å². The van der Waals surface area contributed by atoms with Crippen LogP contribution in [-0.2, 0) is 14.6 Å². The van der Waals surface area contributed by atoms with Crippen molar-refractivity contribution < 1.29 is 18.3 Å². The fourth-order valence-electron chi connectivity index (χ4n) is 1.73. The standard InChI is InChI=1S/C14H20N2O4S/c1-20-11-13(17)6-7-16-8-9-21(18,19)14-4-2-12(10-15)3-5-14/h2-5,13,16-17H,6-9,11H2,1H3.